The topological polar surface area (TPSA) is 64.0 Å². The van der Waals surface area contributed by atoms with Crippen molar-refractivity contribution in [2.75, 3.05) is 26.7 Å². The van der Waals surface area contributed by atoms with Crippen LogP contribution < -0.4 is 0 Å². The molecular weight excluding hydrogens is 328 g/mol. The summed E-state index contributed by atoms with van der Waals surface area (Å²) in [6.07, 6.45) is -1.35. The van der Waals surface area contributed by atoms with Crippen LogP contribution in [-0.4, -0.2) is 70.9 Å². The summed E-state index contributed by atoms with van der Waals surface area (Å²) in [5, 5.41) is 19.9. The van der Waals surface area contributed by atoms with Crippen LogP contribution in [0.4, 0.5) is 0 Å². The number of hydrogen-bond acceptors (Lipinski definition) is 4. The van der Waals surface area contributed by atoms with Gasteiger partial charge in [-0.2, -0.15) is 0 Å². The highest BCUT2D eigenvalue weighted by atomic mass is 35.5. The van der Waals surface area contributed by atoms with E-state index in [4.69, 9.17) is 11.6 Å². The standard InChI is InChI=1S/C18H27ClN2O3/c1-11-7-14(5-6-15(11)19)18(24)20(4)13(3)12(2)8-21-9-16(22)17(23)10-21/h5-7,12-13,16-17,22-23H,8-10H2,1-4H3/t12-,13?,16+,17+/m1/s1. The third kappa shape index (κ3) is 4.28. The normalized spacial score (nSPS) is 24.0. The fourth-order valence-corrected chi connectivity index (χ4v) is 3.22. The summed E-state index contributed by atoms with van der Waals surface area (Å²) in [5.74, 6) is 0.181. The van der Waals surface area contributed by atoms with Gasteiger partial charge in [0, 0.05) is 43.3 Å². The van der Waals surface area contributed by atoms with E-state index in [2.05, 4.69) is 6.92 Å². The van der Waals surface area contributed by atoms with Crippen LogP contribution in [0, 0.1) is 12.8 Å². The highest BCUT2D eigenvalue weighted by molar-refractivity contribution is 6.31. The molecule has 0 aliphatic carbocycles. The van der Waals surface area contributed by atoms with E-state index < -0.39 is 12.2 Å². The number of amides is 1. The molecule has 1 aromatic carbocycles. The average molecular weight is 355 g/mol. The van der Waals surface area contributed by atoms with Crippen molar-refractivity contribution in [2.45, 2.75) is 39.0 Å². The van der Waals surface area contributed by atoms with Gasteiger partial charge in [-0.3, -0.25) is 9.69 Å². The van der Waals surface area contributed by atoms with Crippen LogP contribution in [0.2, 0.25) is 5.02 Å². The molecule has 0 radical (unpaired) electrons. The number of benzene rings is 1. The summed E-state index contributed by atoms with van der Waals surface area (Å²) in [7, 11) is 1.81. The van der Waals surface area contributed by atoms with Crippen molar-refractivity contribution >= 4 is 17.5 Å². The van der Waals surface area contributed by atoms with Gasteiger partial charge < -0.3 is 15.1 Å². The highest BCUT2D eigenvalue weighted by Crippen LogP contribution is 2.20. The van der Waals surface area contributed by atoms with E-state index in [1.165, 1.54) is 0 Å². The first-order chi connectivity index (χ1) is 11.2. The van der Waals surface area contributed by atoms with Gasteiger partial charge in [-0.05, 0) is 43.5 Å². The van der Waals surface area contributed by atoms with Gasteiger partial charge in [0.15, 0.2) is 0 Å². The molecule has 1 unspecified atom stereocenters. The summed E-state index contributed by atoms with van der Waals surface area (Å²) in [5.41, 5.74) is 1.52. The lowest BCUT2D eigenvalue weighted by Crippen LogP contribution is -2.43. The minimum Gasteiger partial charge on any atom is -0.389 e. The average Bonchev–Trinajstić information content (AvgIpc) is 2.85. The Morgan fingerprint density at radius 1 is 1.33 bits per heavy atom. The molecule has 1 aromatic rings. The molecule has 6 heteroatoms. The van der Waals surface area contributed by atoms with Gasteiger partial charge in [0.2, 0.25) is 0 Å². The zero-order valence-electron chi connectivity index (χ0n) is 14.7. The molecule has 1 aliphatic heterocycles. The Labute approximate surface area is 148 Å². The predicted octanol–water partition coefficient (Wildman–Crippen LogP) is 1.78. The van der Waals surface area contributed by atoms with Crippen molar-refractivity contribution in [1.29, 1.82) is 0 Å². The summed E-state index contributed by atoms with van der Waals surface area (Å²) >= 11 is 6.03. The van der Waals surface area contributed by atoms with E-state index in [9.17, 15) is 15.0 Å². The van der Waals surface area contributed by atoms with Crippen molar-refractivity contribution in [2.24, 2.45) is 5.92 Å². The van der Waals surface area contributed by atoms with Crippen LogP contribution in [0.3, 0.4) is 0 Å². The molecule has 0 spiro atoms. The van der Waals surface area contributed by atoms with Crippen LogP contribution in [-0.2, 0) is 0 Å². The predicted molar refractivity (Wildman–Crippen MR) is 95.4 cm³/mol. The lowest BCUT2D eigenvalue weighted by molar-refractivity contribution is 0.0572. The first-order valence-corrected chi connectivity index (χ1v) is 8.70. The Morgan fingerprint density at radius 2 is 1.92 bits per heavy atom. The third-order valence-electron chi connectivity index (χ3n) is 5.04. The van der Waals surface area contributed by atoms with Crippen LogP contribution in [0.1, 0.15) is 29.8 Å². The smallest absolute Gasteiger partial charge is 0.253 e. The van der Waals surface area contributed by atoms with Crippen molar-refractivity contribution in [3.8, 4) is 0 Å². The quantitative estimate of drug-likeness (QED) is 0.846. The van der Waals surface area contributed by atoms with Crippen molar-refractivity contribution in [3.05, 3.63) is 34.3 Å². The van der Waals surface area contributed by atoms with E-state index in [0.717, 1.165) is 12.1 Å². The van der Waals surface area contributed by atoms with Crippen molar-refractivity contribution in [3.63, 3.8) is 0 Å². The molecule has 0 bridgehead atoms. The first kappa shape index (κ1) is 19.2. The second kappa shape index (κ2) is 7.83. The molecule has 2 rings (SSSR count). The Kier molecular flexibility index (Phi) is 6.26. The Morgan fingerprint density at radius 3 is 2.46 bits per heavy atom. The number of rotatable bonds is 5. The zero-order chi connectivity index (χ0) is 18.0. The summed E-state index contributed by atoms with van der Waals surface area (Å²) in [6, 6.07) is 5.34. The number of hydrogen-bond donors (Lipinski definition) is 2. The van der Waals surface area contributed by atoms with E-state index in [0.29, 0.717) is 23.7 Å². The first-order valence-electron chi connectivity index (χ1n) is 8.32. The molecular formula is C18H27ClN2O3. The maximum absolute atomic E-state index is 12.7. The van der Waals surface area contributed by atoms with Gasteiger partial charge in [-0.25, -0.2) is 0 Å². The SMILES string of the molecule is Cc1cc(C(=O)N(C)C(C)[C@H](C)CN2C[C@H](O)[C@@H](O)C2)ccc1Cl. The fraction of sp³-hybridized carbons (Fsp3) is 0.611. The number of halogens is 1. The van der Waals surface area contributed by atoms with E-state index >= 15 is 0 Å². The molecule has 1 amide bonds. The lowest BCUT2D eigenvalue weighted by atomic mass is 10.0. The number of carbonyl (C=O) groups is 1. The van der Waals surface area contributed by atoms with E-state index in [-0.39, 0.29) is 17.9 Å². The van der Waals surface area contributed by atoms with Crippen molar-refractivity contribution in [1.82, 2.24) is 9.80 Å². The molecule has 1 fully saturated rings. The van der Waals surface area contributed by atoms with Crippen LogP contribution in [0.25, 0.3) is 0 Å². The number of nitrogens with zero attached hydrogens (tertiary/aromatic N) is 2. The van der Waals surface area contributed by atoms with Gasteiger partial charge in [-0.1, -0.05) is 18.5 Å². The van der Waals surface area contributed by atoms with Gasteiger partial charge in [0.05, 0.1) is 12.2 Å². The Bertz CT molecular complexity index is 586. The minimum atomic E-state index is -0.677. The second-order valence-corrected chi connectivity index (χ2v) is 7.36. The number of β-amino-alcohol motifs (C(OH)–C–C–N with tert-alkyl or cyclic N) is 2. The molecule has 5 nitrogen and oxygen atoms in total. The molecule has 4 atom stereocenters. The molecule has 0 saturated carbocycles. The monoisotopic (exact) mass is 354 g/mol. The molecule has 1 aliphatic rings. The van der Waals surface area contributed by atoms with Gasteiger partial charge in [-0.15, -0.1) is 0 Å². The Hall–Kier alpha value is -1.14. The van der Waals surface area contributed by atoms with Crippen LogP contribution in [0.15, 0.2) is 18.2 Å². The summed E-state index contributed by atoms with van der Waals surface area (Å²) in [4.78, 5) is 16.5. The largest absolute Gasteiger partial charge is 0.389 e. The maximum atomic E-state index is 12.7. The van der Waals surface area contributed by atoms with Gasteiger partial charge >= 0.3 is 0 Å². The minimum absolute atomic E-state index is 0.0309. The fourth-order valence-electron chi connectivity index (χ4n) is 3.10. The third-order valence-corrected chi connectivity index (χ3v) is 5.46. The van der Waals surface area contributed by atoms with Crippen LogP contribution >= 0.6 is 11.6 Å². The number of likely N-dealkylation sites (tertiary alicyclic amines) is 1. The summed E-state index contributed by atoms with van der Waals surface area (Å²) in [6.45, 7) is 7.67. The second-order valence-electron chi connectivity index (χ2n) is 6.95. The van der Waals surface area contributed by atoms with Crippen LogP contribution in [0.5, 0.6) is 0 Å². The number of aliphatic hydroxyl groups is 2. The Balaban J connectivity index is 1.98. The lowest BCUT2D eigenvalue weighted by Gasteiger charge is -2.32. The molecule has 2 N–H and O–H groups in total. The molecule has 24 heavy (non-hydrogen) atoms. The van der Waals surface area contributed by atoms with E-state index in [1.807, 2.05) is 24.8 Å². The number of aryl methyl sites for hydroxylation is 1. The molecule has 0 aromatic heterocycles. The highest BCUT2D eigenvalue weighted by Gasteiger charge is 2.32. The summed E-state index contributed by atoms with van der Waals surface area (Å²) < 4.78 is 0. The van der Waals surface area contributed by atoms with Gasteiger partial charge in [0.25, 0.3) is 5.91 Å². The van der Waals surface area contributed by atoms with E-state index in [1.54, 1.807) is 24.1 Å². The number of carbonyl (C=O) groups excluding carboxylic acids is 1. The van der Waals surface area contributed by atoms with Crippen molar-refractivity contribution < 1.29 is 15.0 Å². The molecule has 1 saturated heterocycles. The van der Waals surface area contributed by atoms with Gasteiger partial charge in [0.1, 0.15) is 0 Å². The molecule has 1 heterocycles. The molecule has 134 valence electrons. The number of aliphatic hydroxyl groups excluding tert-OH is 2. The zero-order valence-corrected chi connectivity index (χ0v) is 15.5. The maximum Gasteiger partial charge on any atom is 0.253 e.